The molecule has 1 spiro atoms. The normalized spacial score (nSPS) is 19.1. The van der Waals surface area contributed by atoms with Crippen molar-refractivity contribution >= 4 is 17.0 Å². The van der Waals surface area contributed by atoms with Crippen LogP contribution >= 0.6 is 0 Å². The highest BCUT2D eigenvalue weighted by Crippen LogP contribution is 2.65. The smallest absolute Gasteiger partial charge is 0.320 e. The molecule has 3 aromatic rings. The molecule has 2 aliphatic carbocycles. The van der Waals surface area contributed by atoms with E-state index in [-0.39, 0.29) is 23.8 Å². The predicted octanol–water partition coefficient (Wildman–Crippen LogP) is 5.38. The van der Waals surface area contributed by atoms with Crippen molar-refractivity contribution in [1.82, 2.24) is 9.55 Å². The third-order valence-corrected chi connectivity index (χ3v) is 6.68. The summed E-state index contributed by atoms with van der Waals surface area (Å²) in [7, 11) is 0. The van der Waals surface area contributed by atoms with Gasteiger partial charge in [-0.1, -0.05) is 48.9 Å². The monoisotopic (exact) mass is 396 g/mol. The van der Waals surface area contributed by atoms with E-state index in [1.807, 2.05) is 30.3 Å². The standard InChI is InChI=1S/C23H22F2N2O2/c24-21(25)27-18-10-5-4-9-17(18)26-19(27)13-29-20(28)23(16-7-2-1-3-8-16)14-22(15-23)11-6-12-22/h1-5,7-10,21H,6,11-15H2. The molecule has 0 unspecified atom stereocenters. The molecule has 0 saturated heterocycles. The lowest BCUT2D eigenvalue weighted by Crippen LogP contribution is -2.57. The highest BCUT2D eigenvalue weighted by atomic mass is 19.3. The average Bonchev–Trinajstić information content (AvgIpc) is 3.04. The van der Waals surface area contributed by atoms with E-state index in [1.54, 1.807) is 24.3 Å². The highest BCUT2D eigenvalue weighted by Gasteiger charge is 2.62. The number of hydrogen-bond acceptors (Lipinski definition) is 3. The number of para-hydroxylation sites is 2. The van der Waals surface area contributed by atoms with Crippen LogP contribution in [-0.2, 0) is 21.6 Å². The lowest BCUT2D eigenvalue weighted by Gasteiger charge is -2.59. The van der Waals surface area contributed by atoms with Crippen molar-refractivity contribution in [2.45, 2.75) is 50.7 Å². The summed E-state index contributed by atoms with van der Waals surface area (Å²) in [5, 5.41) is 0. The second-order valence-electron chi connectivity index (χ2n) is 8.40. The summed E-state index contributed by atoms with van der Waals surface area (Å²) in [5.74, 6) is -0.274. The largest absolute Gasteiger partial charge is 0.457 e. The molecule has 1 aromatic heterocycles. The van der Waals surface area contributed by atoms with Crippen LogP contribution in [0.3, 0.4) is 0 Å². The number of imidazole rings is 1. The molecule has 0 atom stereocenters. The van der Waals surface area contributed by atoms with Crippen LogP contribution in [0.25, 0.3) is 11.0 Å². The van der Waals surface area contributed by atoms with Gasteiger partial charge in [-0.25, -0.2) is 4.98 Å². The van der Waals surface area contributed by atoms with Crippen LogP contribution in [0.2, 0.25) is 0 Å². The van der Waals surface area contributed by atoms with E-state index in [9.17, 15) is 13.6 Å². The number of aromatic nitrogens is 2. The number of carbonyl (C=O) groups excluding carboxylic acids is 1. The number of ether oxygens (including phenoxy) is 1. The van der Waals surface area contributed by atoms with Crippen LogP contribution in [0.5, 0.6) is 0 Å². The van der Waals surface area contributed by atoms with Gasteiger partial charge in [0, 0.05) is 0 Å². The van der Waals surface area contributed by atoms with E-state index in [1.165, 1.54) is 6.42 Å². The zero-order chi connectivity index (χ0) is 20.1. The maximum atomic E-state index is 13.6. The molecule has 4 nitrogen and oxygen atoms in total. The number of alkyl halides is 2. The van der Waals surface area contributed by atoms with Crippen molar-refractivity contribution in [3.05, 3.63) is 66.0 Å². The minimum absolute atomic E-state index is 0.0652. The molecule has 2 fully saturated rings. The molecule has 2 aromatic carbocycles. The number of halogens is 2. The lowest BCUT2D eigenvalue weighted by molar-refractivity contribution is -0.168. The van der Waals surface area contributed by atoms with Crippen LogP contribution in [-0.4, -0.2) is 15.5 Å². The Kier molecular flexibility index (Phi) is 4.19. The minimum Gasteiger partial charge on any atom is -0.457 e. The van der Waals surface area contributed by atoms with E-state index < -0.39 is 12.0 Å². The van der Waals surface area contributed by atoms with Crippen molar-refractivity contribution in [2.75, 3.05) is 0 Å². The zero-order valence-corrected chi connectivity index (χ0v) is 16.0. The Hall–Kier alpha value is -2.76. The van der Waals surface area contributed by atoms with Crippen molar-refractivity contribution in [3.63, 3.8) is 0 Å². The van der Waals surface area contributed by atoms with E-state index in [2.05, 4.69) is 4.98 Å². The summed E-state index contributed by atoms with van der Waals surface area (Å²) in [6.45, 7) is -3.01. The second kappa shape index (κ2) is 6.65. The quantitative estimate of drug-likeness (QED) is 0.544. The molecule has 5 rings (SSSR count). The zero-order valence-electron chi connectivity index (χ0n) is 16.0. The molecular formula is C23H22F2N2O2. The molecular weight excluding hydrogens is 374 g/mol. The maximum absolute atomic E-state index is 13.6. The first-order valence-electron chi connectivity index (χ1n) is 10.00. The fourth-order valence-electron chi connectivity index (χ4n) is 5.16. The molecule has 29 heavy (non-hydrogen) atoms. The van der Waals surface area contributed by atoms with E-state index in [4.69, 9.17) is 4.74 Å². The predicted molar refractivity (Wildman–Crippen MR) is 104 cm³/mol. The lowest BCUT2D eigenvalue weighted by atomic mass is 9.44. The number of nitrogens with zero attached hydrogens (tertiary/aromatic N) is 2. The van der Waals surface area contributed by atoms with Crippen LogP contribution in [0.1, 0.15) is 50.0 Å². The molecule has 2 aliphatic rings. The van der Waals surface area contributed by atoms with Gasteiger partial charge in [0.1, 0.15) is 6.61 Å². The number of esters is 1. The van der Waals surface area contributed by atoms with Gasteiger partial charge >= 0.3 is 12.5 Å². The number of benzene rings is 2. The van der Waals surface area contributed by atoms with E-state index in [0.29, 0.717) is 11.0 Å². The Morgan fingerprint density at radius 1 is 1.07 bits per heavy atom. The van der Waals surface area contributed by atoms with Gasteiger partial charge in [0.15, 0.2) is 5.82 Å². The fraction of sp³-hybridized carbons (Fsp3) is 0.391. The van der Waals surface area contributed by atoms with Crippen LogP contribution in [0.15, 0.2) is 54.6 Å². The fourth-order valence-corrected chi connectivity index (χ4v) is 5.16. The molecule has 150 valence electrons. The first-order valence-corrected chi connectivity index (χ1v) is 10.00. The summed E-state index contributed by atoms with van der Waals surface area (Å²) in [6.07, 6.45) is 5.05. The summed E-state index contributed by atoms with van der Waals surface area (Å²) in [5.41, 5.74) is 1.33. The Balaban J connectivity index is 1.41. The Labute approximate surface area is 167 Å². The number of carbonyl (C=O) groups is 1. The van der Waals surface area contributed by atoms with Gasteiger partial charge in [0.05, 0.1) is 16.4 Å². The molecule has 6 heteroatoms. The molecule has 0 radical (unpaired) electrons. The van der Waals surface area contributed by atoms with Crippen LogP contribution in [0.4, 0.5) is 8.78 Å². The first-order chi connectivity index (χ1) is 14.0. The molecule has 2 saturated carbocycles. The second-order valence-corrected chi connectivity index (χ2v) is 8.40. The van der Waals surface area contributed by atoms with Crippen molar-refractivity contribution < 1.29 is 18.3 Å². The van der Waals surface area contributed by atoms with E-state index in [0.717, 1.165) is 35.8 Å². The van der Waals surface area contributed by atoms with Crippen molar-refractivity contribution in [1.29, 1.82) is 0 Å². The van der Waals surface area contributed by atoms with Gasteiger partial charge in [-0.2, -0.15) is 8.78 Å². The van der Waals surface area contributed by atoms with Gasteiger partial charge in [-0.05, 0) is 48.8 Å². The Bertz CT molecular complexity index is 1050. The summed E-state index contributed by atoms with van der Waals surface area (Å²) < 4.78 is 33.7. The number of rotatable bonds is 5. The number of hydrogen-bond donors (Lipinski definition) is 0. The molecule has 0 bridgehead atoms. The molecule has 0 amide bonds. The van der Waals surface area contributed by atoms with Gasteiger partial charge in [-0.3, -0.25) is 9.36 Å². The van der Waals surface area contributed by atoms with Crippen LogP contribution < -0.4 is 0 Å². The summed E-state index contributed by atoms with van der Waals surface area (Å²) in [4.78, 5) is 17.5. The topological polar surface area (TPSA) is 44.1 Å². The van der Waals surface area contributed by atoms with E-state index >= 15 is 0 Å². The summed E-state index contributed by atoms with van der Waals surface area (Å²) >= 11 is 0. The first kappa shape index (κ1) is 18.3. The molecule has 0 N–H and O–H groups in total. The van der Waals surface area contributed by atoms with Gasteiger partial charge in [0.2, 0.25) is 0 Å². The number of fused-ring (bicyclic) bond motifs is 1. The van der Waals surface area contributed by atoms with Crippen molar-refractivity contribution in [2.24, 2.45) is 5.41 Å². The SMILES string of the molecule is O=C(OCc1nc2ccccc2n1C(F)F)C1(c2ccccc2)CC2(CCC2)C1. The van der Waals surface area contributed by atoms with Crippen molar-refractivity contribution in [3.8, 4) is 0 Å². The molecule has 1 heterocycles. The highest BCUT2D eigenvalue weighted by molar-refractivity contribution is 5.85. The maximum Gasteiger partial charge on any atom is 0.320 e. The van der Waals surface area contributed by atoms with Crippen LogP contribution in [0, 0.1) is 5.41 Å². The van der Waals surface area contributed by atoms with Gasteiger partial charge < -0.3 is 4.74 Å². The van der Waals surface area contributed by atoms with Gasteiger partial charge in [0.25, 0.3) is 0 Å². The minimum atomic E-state index is -2.75. The Morgan fingerprint density at radius 3 is 2.41 bits per heavy atom. The van der Waals surface area contributed by atoms with Gasteiger partial charge in [-0.15, -0.1) is 0 Å². The Morgan fingerprint density at radius 2 is 1.76 bits per heavy atom. The molecule has 0 aliphatic heterocycles. The third-order valence-electron chi connectivity index (χ3n) is 6.68. The third kappa shape index (κ3) is 2.84. The average molecular weight is 396 g/mol. The summed E-state index contributed by atoms with van der Waals surface area (Å²) in [6, 6.07) is 16.4.